The summed E-state index contributed by atoms with van der Waals surface area (Å²) in [5.41, 5.74) is 1.79. The van der Waals surface area contributed by atoms with Crippen LogP contribution in [-0.4, -0.2) is 38.5 Å². The van der Waals surface area contributed by atoms with E-state index in [0.717, 1.165) is 41.8 Å². The van der Waals surface area contributed by atoms with Gasteiger partial charge in [-0.05, 0) is 43.2 Å². The van der Waals surface area contributed by atoms with Crippen LogP contribution in [0.4, 0.5) is 0 Å². The second-order valence-corrected chi connectivity index (χ2v) is 7.47. The normalized spacial score (nSPS) is 11.3. The number of amides is 1. The first kappa shape index (κ1) is 20.3. The first-order chi connectivity index (χ1) is 12.6. The van der Waals surface area contributed by atoms with Gasteiger partial charge in [0, 0.05) is 43.5 Å². The molecule has 1 amide bonds. The molecule has 2 rings (SSSR count). The molecule has 0 aliphatic heterocycles. The summed E-state index contributed by atoms with van der Waals surface area (Å²) in [5.74, 6) is 0.737. The molecule has 26 heavy (non-hydrogen) atoms. The van der Waals surface area contributed by atoms with Gasteiger partial charge in [0.2, 0.25) is 0 Å². The molecule has 0 radical (unpaired) electrons. The van der Waals surface area contributed by atoms with Crippen LogP contribution in [0.2, 0.25) is 4.34 Å². The molecule has 7 heteroatoms. The zero-order chi connectivity index (χ0) is 18.8. The number of guanidine groups is 1. The number of rotatable bonds is 8. The molecular weight excluding hydrogens is 368 g/mol. The Kier molecular flexibility index (Phi) is 8.44. The Hall–Kier alpha value is -2.05. The summed E-state index contributed by atoms with van der Waals surface area (Å²) >= 11 is 7.55. The number of carbonyl (C=O) groups is 1. The smallest absolute Gasteiger partial charge is 0.251 e. The number of thiophene rings is 1. The Balaban J connectivity index is 1.84. The Morgan fingerprint density at radius 3 is 2.73 bits per heavy atom. The van der Waals surface area contributed by atoms with E-state index in [2.05, 4.69) is 20.9 Å². The second kappa shape index (κ2) is 10.8. The number of hydrogen-bond acceptors (Lipinski definition) is 3. The summed E-state index contributed by atoms with van der Waals surface area (Å²) in [6.07, 6.45) is 1.69. The van der Waals surface area contributed by atoms with E-state index in [4.69, 9.17) is 11.6 Å². The van der Waals surface area contributed by atoms with Gasteiger partial charge in [0.1, 0.15) is 0 Å². The summed E-state index contributed by atoms with van der Waals surface area (Å²) in [5, 5.41) is 9.24. The monoisotopic (exact) mass is 392 g/mol. The van der Waals surface area contributed by atoms with Crippen LogP contribution in [0.1, 0.15) is 27.7 Å². The van der Waals surface area contributed by atoms with Crippen molar-refractivity contribution < 1.29 is 4.79 Å². The molecule has 1 aromatic carbocycles. The Morgan fingerprint density at radius 1 is 1.19 bits per heavy atom. The van der Waals surface area contributed by atoms with E-state index in [1.165, 1.54) is 4.88 Å². The van der Waals surface area contributed by atoms with E-state index in [1.54, 1.807) is 18.4 Å². The minimum absolute atomic E-state index is 0.0663. The molecule has 0 bridgehead atoms. The number of nitrogens with one attached hydrogen (secondary N) is 3. The van der Waals surface area contributed by atoms with E-state index < -0.39 is 0 Å². The number of hydrogen-bond donors (Lipinski definition) is 3. The third kappa shape index (κ3) is 6.69. The molecule has 0 unspecified atom stereocenters. The van der Waals surface area contributed by atoms with Crippen molar-refractivity contribution in [1.29, 1.82) is 0 Å². The third-order valence-corrected chi connectivity index (χ3v) is 5.01. The fourth-order valence-corrected chi connectivity index (χ4v) is 3.52. The van der Waals surface area contributed by atoms with Gasteiger partial charge in [-0.1, -0.05) is 23.7 Å². The van der Waals surface area contributed by atoms with E-state index >= 15 is 0 Å². The Labute approximate surface area is 163 Å². The molecule has 0 saturated carbocycles. The number of carbonyl (C=O) groups excluding carboxylic acids is 1. The molecular formula is C19H25ClN4OS. The molecule has 1 heterocycles. The molecule has 1 aromatic heterocycles. The highest BCUT2D eigenvalue weighted by molar-refractivity contribution is 7.16. The number of aliphatic imine (C=N–C) groups is 1. The van der Waals surface area contributed by atoms with Crippen LogP contribution in [0.15, 0.2) is 41.4 Å². The van der Waals surface area contributed by atoms with Crippen LogP contribution < -0.4 is 16.0 Å². The predicted octanol–water partition coefficient (Wildman–Crippen LogP) is 3.10. The van der Waals surface area contributed by atoms with Gasteiger partial charge in [0.25, 0.3) is 5.91 Å². The van der Waals surface area contributed by atoms with Crippen LogP contribution in [0.25, 0.3) is 0 Å². The maximum Gasteiger partial charge on any atom is 0.251 e. The van der Waals surface area contributed by atoms with Gasteiger partial charge >= 0.3 is 0 Å². The average molecular weight is 393 g/mol. The van der Waals surface area contributed by atoms with Crippen LogP contribution in [-0.2, 0) is 12.8 Å². The van der Waals surface area contributed by atoms with Gasteiger partial charge in [-0.2, -0.15) is 0 Å². The van der Waals surface area contributed by atoms with Crippen molar-refractivity contribution in [3.63, 3.8) is 0 Å². The summed E-state index contributed by atoms with van der Waals surface area (Å²) in [4.78, 5) is 17.5. The summed E-state index contributed by atoms with van der Waals surface area (Å²) < 4.78 is 0.813. The largest absolute Gasteiger partial charge is 0.357 e. The van der Waals surface area contributed by atoms with Crippen molar-refractivity contribution in [2.75, 3.05) is 26.7 Å². The van der Waals surface area contributed by atoms with Crippen molar-refractivity contribution in [3.8, 4) is 0 Å². The Morgan fingerprint density at radius 2 is 2.04 bits per heavy atom. The topological polar surface area (TPSA) is 65.5 Å². The molecule has 0 atom stereocenters. The van der Waals surface area contributed by atoms with E-state index in [-0.39, 0.29) is 5.91 Å². The van der Waals surface area contributed by atoms with Gasteiger partial charge in [0.15, 0.2) is 5.96 Å². The second-order valence-electron chi connectivity index (χ2n) is 5.67. The highest BCUT2D eigenvalue weighted by Crippen LogP contribution is 2.21. The zero-order valence-corrected chi connectivity index (χ0v) is 16.7. The highest BCUT2D eigenvalue weighted by atomic mass is 35.5. The van der Waals surface area contributed by atoms with Crippen molar-refractivity contribution in [2.24, 2.45) is 4.99 Å². The maximum absolute atomic E-state index is 11.7. The fraction of sp³-hybridized carbons (Fsp3) is 0.368. The van der Waals surface area contributed by atoms with Crippen molar-refractivity contribution in [3.05, 3.63) is 56.7 Å². The summed E-state index contributed by atoms with van der Waals surface area (Å²) in [6, 6.07) is 11.6. The molecule has 3 N–H and O–H groups in total. The SMILES string of the molecule is CCNC(=NCCc1ccc(Cl)s1)NCCc1cccc(C(=O)NC)c1. The molecule has 2 aromatic rings. The van der Waals surface area contributed by atoms with Crippen molar-refractivity contribution in [1.82, 2.24) is 16.0 Å². The maximum atomic E-state index is 11.7. The van der Waals surface area contributed by atoms with Gasteiger partial charge in [-0.25, -0.2) is 0 Å². The summed E-state index contributed by atoms with van der Waals surface area (Å²) in [6.45, 7) is 4.30. The van der Waals surface area contributed by atoms with E-state index in [0.29, 0.717) is 12.1 Å². The quantitative estimate of drug-likeness (QED) is 0.477. The number of nitrogens with zero attached hydrogens (tertiary/aromatic N) is 1. The van der Waals surface area contributed by atoms with Gasteiger partial charge in [0.05, 0.1) is 4.34 Å². The van der Waals surface area contributed by atoms with Crippen molar-refractivity contribution in [2.45, 2.75) is 19.8 Å². The average Bonchev–Trinajstić information content (AvgIpc) is 3.06. The standard InChI is InChI=1S/C19H25ClN4OS/c1-3-22-19(24-12-10-16-7-8-17(20)26-16)23-11-9-14-5-4-6-15(13-14)18(25)21-2/h4-8,13H,3,9-12H2,1-2H3,(H,21,25)(H2,22,23,24). The van der Waals surface area contributed by atoms with Crippen LogP contribution >= 0.6 is 22.9 Å². The lowest BCUT2D eigenvalue weighted by molar-refractivity contribution is 0.0963. The first-order valence-corrected chi connectivity index (χ1v) is 9.89. The lowest BCUT2D eigenvalue weighted by Gasteiger charge is -2.11. The zero-order valence-electron chi connectivity index (χ0n) is 15.1. The molecule has 0 aliphatic carbocycles. The molecule has 140 valence electrons. The summed E-state index contributed by atoms with van der Waals surface area (Å²) in [7, 11) is 1.64. The molecule has 0 saturated heterocycles. The van der Waals surface area contributed by atoms with Crippen LogP contribution in [0, 0.1) is 0 Å². The van der Waals surface area contributed by atoms with E-state index in [9.17, 15) is 4.79 Å². The predicted molar refractivity (Wildman–Crippen MR) is 111 cm³/mol. The van der Waals surface area contributed by atoms with E-state index in [1.807, 2.05) is 43.3 Å². The number of benzene rings is 1. The minimum Gasteiger partial charge on any atom is -0.357 e. The third-order valence-electron chi connectivity index (χ3n) is 3.72. The molecule has 0 aliphatic rings. The molecule has 5 nitrogen and oxygen atoms in total. The number of halogens is 1. The van der Waals surface area contributed by atoms with Crippen molar-refractivity contribution >= 4 is 34.8 Å². The fourth-order valence-electron chi connectivity index (χ4n) is 2.44. The van der Waals surface area contributed by atoms with Gasteiger partial charge in [-0.3, -0.25) is 9.79 Å². The molecule has 0 fully saturated rings. The highest BCUT2D eigenvalue weighted by Gasteiger charge is 2.04. The van der Waals surface area contributed by atoms with Gasteiger partial charge in [-0.15, -0.1) is 11.3 Å². The minimum atomic E-state index is -0.0663. The first-order valence-electron chi connectivity index (χ1n) is 8.69. The van der Waals surface area contributed by atoms with Gasteiger partial charge < -0.3 is 16.0 Å². The Bertz CT molecular complexity index is 745. The molecule has 0 spiro atoms. The van der Waals surface area contributed by atoms with Crippen LogP contribution in [0.5, 0.6) is 0 Å². The lowest BCUT2D eigenvalue weighted by Crippen LogP contribution is -2.38. The lowest BCUT2D eigenvalue weighted by atomic mass is 10.1. The van der Waals surface area contributed by atoms with Crippen LogP contribution in [0.3, 0.4) is 0 Å².